The highest BCUT2D eigenvalue weighted by atomic mass is 16.5. The maximum absolute atomic E-state index is 11.5. The summed E-state index contributed by atoms with van der Waals surface area (Å²) < 4.78 is 4.35. The highest BCUT2D eigenvalue weighted by molar-refractivity contribution is 6.32. The van der Waals surface area contributed by atoms with Crippen LogP contribution in [0.25, 0.3) is 0 Å². The summed E-state index contributed by atoms with van der Waals surface area (Å²) in [5.41, 5.74) is 0. The monoisotopic (exact) mass is 213 g/mol. The minimum atomic E-state index is -0.899. The quantitative estimate of drug-likeness (QED) is 0.380. The van der Waals surface area contributed by atoms with Crippen LogP contribution in [-0.2, 0) is 19.1 Å². The average molecular weight is 213 g/mol. The molecule has 1 aliphatic rings. The zero-order chi connectivity index (χ0) is 11.3. The van der Waals surface area contributed by atoms with Gasteiger partial charge in [-0.25, -0.2) is 4.79 Å². The Hall–Kier alpha value is -1.39. The third-order valence-corrected chi connectivity index (χ3v) is 2.66. The number of ether oxygens (including phenoxy) is 1. The second-order valence-corrected chi connectivity index (χ2v) is 3.55. The fraction of sp³-hybridized carbons (Fsp3) is 0.700. The Balaban J connectivity index is 2.67. The first-order valence-corrected chi connectivity index (χ1v) is 5.03. The van der Waals surface area contributed by atoms with E-state index in [0.717, 1.165) is 32.8 Å². The molecule has 1 amide bonds. The zero-order valence-electron chi connectivity index (χ0n) is 8.77. The van der Waals surface area contributed by atoms with Gasteiger partial charge in [0.25, 0.3) is 0 Å². The number of hydrogen-bond acceptors (Lipinski definition) is 4. The molecule has 0 radical (unpaired) electrons. The molecule has 0 saturated heterocycles. The first-order valence-electron chi connectivity index (χ1n) is 5.03. The highest BCUT2D eigenvalue weighted by Crippen LogP contribution is 2.23. The van der Waals surface area contributed by atoms with E-state index in [1.807, 2.05) is 0 Å². The maximum atomic E-state index is 11.5. The molecular weight excluding hydrogens is 198 g/mol. The SMILES string of the molecule is COC(=O)C(=O)N(CC=O)C1CCCC1. The van der Waals surface area contributed by atoms with Crippen LogP contribution in [0.2, 0.25) is 0 Å². The number of rotatable bonds is 3. The molecule has 0 atom stereocenters. The van der Waals surface area contributed by atoms with Crippen molar-refractivity contribution < 1.29 is 19.1 Å². The molecule has 0 spiro atoms. The van der Waals surface area contributed by atoms with Crippen molar-refractivity contribution in [1.29, 1.82) is 0 Å². The second-order valence-electron chi connectivity index (χ2n) is 3.55. The van der Waals surface area contributed by atoms with Gasteiger partial charge in [0.2, 0.25) is 0 Å². The Labute approximate surface area is 88.4 Å². The molecule has 0 aromatic rings. The van der Waals surface area contributed by atoms with Crippen LogP contribution < -0.4 is 0 Å². The predicted octanol–water partition coefficient (Wildman–Crippen LogP) is 0.129. The van der Waals surface area contributed by atoms with Crippen molar-refractivity contribution in [1.82, 2.24) is 4.90 Å². The minimum Gasteiger partial charge on any atom is -0.462 e. The lowest BCUT2D eigenvalue weighted by Crippen LogP contribution is -2.44. The van der Waals surface area contributed by atoms with Crippen LogP contribution in [0.5, 0.6) is 0 Å². The molecule has 1 rings (SSSR count). The van der Waals surface area contributed by atoms with Crippen LogP contribution in [0.4, 0.5) is 0 Å². The molecule has 0 aliphatic heterocycles. The topological polar surface area (TPSA) is 63.7 Å². The van der Waals surface area contributed by atoms with E-state index in [4.69, 9.17) is 0 Å². The van der Waals surface area contributed by atoms with Crippen molar-refractivity contribution in [3.05, 3.63) is 0 Å². The molecular formula is C10H15NO4. The van der Waals surface area contributed by atoms with Crippen LogP contribution in [0, 0.1) is 0 Å². The Morgan fingerprint density at radius 3 is 2.47 bits per heavy atom. The second kappa shape index (κ2) is 5.48. The summed E-state index contributed by atoms with van der Waals surface area (Å²) >= 11 is 0. The molecule has 1 aliphatic carbocycles. The van der Waals surface area contributed by atoms with E-state index in [1.165, 1.54) is 4.90 Å². The van der Waals surface area contributed by atoms with Crippen LogP contribution >= 0.6 is 0 Å². The van der Waals surface area contributed by atoms with Gasteiger partial charge in [-0.1, -0.05) is 12.8 Å². The lowest BCUT2D eigenvalue weighted by molar-refractivity contribution is -0.159. The number of hydrogen-bond donors (Lipinski definition) is 0. The lowest BCUT2D eigenvalue weighted by Gasteiger charge is -2.25. The van der Waals surface area contributed by atoms with E-state index in [1.54, 1.807) is 0 Å². The summed E-state index contributed by atoms with van der Waals surface area (Å²) in [5.74, 6) is -1.61. The Kier molecular flexibility index (Phi) is 4.27. The number of aldehydes is 1. The predicted molar refractivity (Wildman–Crippen MR) is 52.0 cm³/mol. The highest BCUT2D eigenvalue weighted by Gasteiger charge is 2.30. The standard InChI is InChI=1S/C10H15NO4/c1-15-10(14)9(13)11(6-7-12)8-4-2-3-5-8/h7-8H,2-6H2,1H3. The van der Waals surface area contributed by atoms with E-state index in [2.05, 4.69) is 4.74 Å². The average Bonchev–Trinajstić information content (AvgIpc) is 2.77. The molecule has 1 saturated carbocycles. The van der Waals surface area contributed by atoms with E-state index in [-0.39, 0.29) is 12.6 Å². The largest absolute Gasteiger partial charge is 0.462 e. The summed E-state index contributed by atoms with van der Waals surface area (Å²) in [4.78, 5) is 34.4. The first kappa shape index (κ1) is 11.7. The van der Waals surface area contributed by atoms with Crippen LogP contribution in [0.3, 0.4) is 0 Å². The summed E-state index contributed by atoms with van der Waals surface area (Å²) in [6.07, 6.45) is 4.43. The van der Waals surface area contributed by atoms with Crippen molar-refractivity contribution >= 4 is 18.2 Å². The third kappa shape index (κ3) is 2.78. The van der Waals surface area contributed by atoms with Gasteiger partial charge < -0.3 is 14.4 Å². The number of carbonyl (C=O) groups excluding carboxylic acids is 3. The number of carbonyl (C=O) groups is 3. The van der Waals surface area contributed by atoms with Crippen molar-refractivity contribution in [3.63, 3.8) is 0 Å². The molecule has 0 heterocycles. The van der Waals surface area contributed by atoms with E-state index >= 15 is 0 Å². The van der Waals surface area contributed by atoms with E-state index < -0.39 is 11.9 Å². The molecule has 84 valence electrons. The normalized spacial score (nSPS) is 16.1. The van der Waals surface area contributed by atoms with Crippen molar-refractivity contribution in [2.75, 3.05) is 13.7 Å². The van der Waals surface area contributed by atoms with Gasteiger partial charge in [0.15, 0.2) is 0 Å². The molecule has 0 N–H and O–H groups in total. The van der Waals surface area contributed by atoms with Crippen LogP contribution in [0.15, 0.2) is 0 Å². The summed E-state index contributed by atoms with van der Waals surface area (Å²) in [5, 5.41) is 0. The molecule has 1 fully saturated rings. The molecule has 0 aromatic heterocycles. The van der Waals surface area contributed by atoms with Crippen molar-refractivity contribution in [3.8, 4) is 0 Å². The van der Waals surface area contributed by atoms with Crippen LogP contribution in [0.1, 0.15) is 25.7 Å². The fourth-order valence-corrected chi connectivity index (χ4v) is 1.90. The number of esters is 1. The van der Waals surface area contributed by atoms with Crippen LogP contribution in [-0.4, -0.2) is 42.8 Å². The Morgan fingerprint density at radius 1 is 1.40 bits per heavy atom. The van der Waals surface area contributed by atoms with E-state index in [0.29, 0.717) is 6.29 Å². The number of methoxy groups -OCH3 is 1. The minimum absolute atomic E-state index is 0.0156. The van der Waals surface area contributed by atoms with Gasteiger partial charge in [-0.2, -0.15) is 0 Å². The number of amides is 1. The van der Waals surface area contributed by atoms with Gasteiger partial charge in [-0.3, -0.25) is 4.79 Å². The van der Waals surface area contributed by atoms with E-state index in [9.17, 15) is 14.4 Å². The van der Waals surface area contributed by atoms with Gasteiger partial charge >= 0.3 is 11.9 Å². The van der Waals surface area contributed by atoms with Gasteiger partial charge in [0, 0.05) is 6.04 Å². The fourth-order valence-electron chi connectivity index (χ4n) is 1.90. The summed E-state index contributed by atoms with van der Waals surface area (Å²) in [6, 6.07) is 0.0156. The Morgan fingerprint density at radius 2 is 2.00 bits per heavy atom. The third-order valence-electron chi connectivity index (χ3n) is 2.66. The first-order chi connectivity index (χ1) is 7.20. The molecule has 0 unspecified atom stereocenters. The molecule has 0 bridgehead atoms. The van der Waals surface area contributed by atoms with Crippen molar-refractivity contribution in [2.24, 2.45) is 0 Å². The lowest BCUT2D eigenvalue weighted by atomic mass is 10.2. The number of nitrogens with zero attached hydrogens (tertiary/aromatic N) is 1. The molecule has 15 heavy (non-hydrogen) atoms. The Bertz CT molecular complexity index is 258. The smallest absolute Gasteiger partial charge is 0.396 e. The van der Waals surface area contributed by atoms with Gasteiger partial charge in [-0.05, 0) is 12.8 Å². The van der Waals surface area contributed by atoms with Gasteiger partial charge in [0.1, 0.15) is 6.29 Å². The zero-order valence-corrected chi connectivity index (χ0v) is 8.77. The molecule has 5 nitrogen and oxygen atoms in total. The maximum Gasteiger partial charge on any atom is 0.396 e. The summed E-state index contributed by atoms with van der Waals surface area (Å²) in [7, 11) is 1.16. The van der Waals surface area contributed by atoms with Gasteiger partial charge in [0.05, 0.1) is 13.7 Å². The van der Waals surface area contributed by atoms with Crippen molar-refractivity contribution in [2.45, 2.75) is 31.7 Å². The molecule has 5 heteroatoms. The van der Waals surface area contributed by atoms with Gasteiger partial charge in [-0.15, -0.1) is 0 Å². The summed E-state index contributed by atoms with van der Waals surface area (Å²) in [6.45, 7) is -0.0292. The molecule has 0 aromatic carbocycles.